The molecule has 97 heavy (non-hydrogen) atoms. The molecular formula is C97H96. The van der Waals surface area contributed by atoms with Crippen molar-refractivity contribution >= 4 is 16.3 Å². The molecule has 0 aromatic heterocycles. The van der Waals surface area contributed by atoms with E-state index in [2.05, 4.69) is 324 Å². The van der Waals surface area contributed by atoms with Gasteiger partial charge in [-0.15, -0.1) is 0 Å². The Morgan fingerprint density at radius 1 is 0.443 bits per heavy atom. The third kappa shape index (κ3) is 14.6. The molecule has 484 valence electrons. The van der Waals surface area contributed by atoms with Crippen LogP contribution in [0.15, 0.2) is 309 Å². The minimum atomic E-state index is -0.448. The Hall–Kier alpha value is -9.88. The van der Waals surface area contributed by atoms with Crippen molar-refractivity contribution in [3.63, 3.8) is 0 Å². The van der Waals surface area contributed by atoms with Crippen LogP contribution in [0, 0.1) is 40.5 Å². The van der Waals surface area contributed by atoms with Gasteiger partial charge in [-0.2, -0.15) is 0 Å². The second-order valence-electron chi connectivity index (χ2n) is 27.6. The van der Waals surface area contributed by atoms with Crippen molar-refractivity contribution in [1.29, 1.82) is 0 Å². The Balaban J connectivity index is 0.000000137. The highest BCUT2D eigenvalue weighted by atomic mass is 14.5. The molecule has 0 aliphatic heterocycles. The van der Waals surface area contributed by atoms with Crippen LogP contribution in [-0.2, 0) is 11.8 Å². The Bertz CT molecular complexity index is 4570. The standard InChI is InChI=1S/C43H32.2C20H24.2C7H8/c1-29-17-26-39-40(27-29)43(35-22-18-33(19-23-35)31-11-5-3-6-12-31,36-24-20-34(21-25-36)32-13-7-4-8-14-32)41-28-30(2)37-15-9-10-16-38(37)42(39)41;1-5-7-8-16-14(4)18-12-20(18)19-11-15(13(3)6-2)9-10-17(16)19;1-3-7-16-12-13-18(15(2)14-16)20-11-5-4-10-19(20)17-8-6-9-17;2*1-7-5-3-2-4-6-7/h3-28H,1-2H3;5,7-11,13,18,20H,1,6,12H2,2-4H3;4-5,10-14,17H,3,6-9H2,1-2H3;2*2-6H,1H3/b;8-7-;;;. The second kappa shape index (κ2) is 30.9. The van der Waals surface area contributed by atoms with Gasteiger partial charge in [0.15, 0.2) is 0 Å². The number of aryl methyl sites for hydroxylation is 6. The molecule has 3 unspecified atom stereocenters. The van der Waals surface area contributed by atoms with Crippen molar-refractivity contribution in [3.05, 3.63) is 387 Å². The molecule has 0 N–H and O–H groups in total. The molecule has 12 aromatic rings. The van der Waals surface area contributed by atoms with E-state index in [0.29, 0.717) is 5.92 Å². The molecular weight excluding hydrogens is 1170 g/mol. The van der Waals surface area contributed by atoms with E-state index in [1.54, 1.807) is 16.7 Å². The topological polar surface area (TPSA) is 0 Å². The van der Waals surface area contributed by atoms with Crippen LogP contribution in [-0.4, -0.2) is 0 Å². The molecule has 4 aliphatic rings. The smallest absolute Gasteiger partial charge is 0.0713 e. The van der Waals surface area contributed by atoms with Crippen molar-refractivity contribution in [1.82, 2.24) is 0 Å². The molecule has 3 atom stereocenters. The van der Waals surface area contributed by atoms with Gasteiger partial charge in [-0.25, -0.2) is 0 Å². The van der Waals surface area contributed by atoms with Crippen molar-refractivity contribution in [2.75, 3.05) is 0 Å². The molecule has 2 fully saturated rings. The van der Waals surface area contributed by atoms with Crippen molar-refractivity contribution in [2.45, 2.75) is 130 Å². The number of rotatable bonds is 12. The van der Waals surface area contributed by atoms with E-state index in [-0.39, 0.29) is 0 Å². The maximum Gasteiger partial charge on any atom is 0.0713 e. The van der Waals surface area contributed by atoms with E-state index in [9.17, 15) is 0 Å². The first-order valence-electron chi connectivity index (χ1n) is 35.7. The summed E-state index contributed by atoms with van der Waals surface area (Å²) in [5.74, 6) is 3.03. The lowest BCUT2D eigenvalue weighted by Crippen LogP contribution is -2.28. The zero-order chi connectivity index (χ0) is 67.4. The molecule has 0 heterocycles. The van der Waals surface area contributed by atoms with Crippen LogP contribution in [0.4, 0.5) is 0 Å². The number of allylic oxidation sites excluding steroid dienone is 5. The molecule has 0 saturated heterocycles. The van der Waals surface area contributed by atoms with E-state index in [1.807, 2.05) is 42.5 Å². The summed E-state index contributed by atoms with van der Waals surface area (Å²) in [4.78, 5) is 0. The highest BCUT2D eigenvalue weighted by Crippen LogP contribution is 2.60. The van der Waals surface area contributed by atoms with Crippen LogP contribution in [0.1, 0.15) is 162 Å². The maximum absolute atomic E-state index is 3.79. The summed E-state index contributed by atoms with van der Waals surface area (Å²) in [6.07, 6.45) is 15.3. The molecule has 0 radical (unpaired) electrons. The fourth-order valence-corrected chi connectivity index (χ4v) is 15.2. The summed E-state index contributed by atoms with van der Waals surface area (Å²) in [5, 5.41) is 2.65. The Labute approximate surface area is 580 Å². The third-order valence-electron chi connectivity index (χ3n) is 21.0. The van der Waals surface area contributed by atoms with Gasteiger partial charge in [0.25, 0.3) is 0 Å². The zero-order valence-electron chi connectivity index (χ0n) is 58.8. The van der Waals surface area contributed by atoms with Crippen molar-refractivity contribution < 1.29 is 0 Å². The van der Waals surface area contributed by atoms with Crippen molar-refractivity contribution in [3.8, 4) is 44.5 Å². The summed E-state index contributed by atoms with van der Waals surface area (Å²) in [5.41, 5.74) is 32.6. The van der Waals surface area contributed by atoms with E-state index in [1.165, 1.54) is 173 Å². The lowest BCUT2D eigenvalue weighted by molar-refractivity contribution is 0.420. The van der Waals surface area contributed by atoms with Crippen LogP contribution in [0.5, 0.6) is 0 Å². The van der Waals surface area contributed by atoms with Crippen LogP contribution < -0.4 is 0 Å². The third-order valence-corrected chi connectivity index (χ3v) is 21.0. The SMILES string of the molecule is C=C/C=C\C1=C(C)C2CC2c2cc(C(C)CC)ccc21.CCCc1ccc(-c2ccccc2C2CCC2)c(C)c1.Cc1ccc2c(c1)C(c1ccc(-c3ccccc3)cc1)(c1ccc(-c3ccccc3)cc1)c1cc(C)c3ccccc3c1-2.Cc1ccccc1.Cc1ccccc1. The predicted molar refractivity (Wildman–Crippen MR) is 419 cm³/mol. The summed E-state index contributed by atoms with van der Waals surface area (Å²) >= 11 is 0. The maximum atomic E-state index is 3.79. The summed E-state index contributed by atoms with van der Waals surface area (Å²) in [6.45, 7) is 23.8. The highest BCUT2D eigenvalue weighted by Gasteiger charge is 2.48. The molecule has 2 saturated carbocycles. The minimum absolute atomic E-state index is 0.448. The quantitative estimate of drug-likeness (QED) is 0.107. The van der Waals surface area contributed by atoms with Gasteiger partial charge in [0, 0.05) is 0 Å². The first-order valence-corrected chi connectivity index (χ1v) is 35.7. The lowest BCUT2D eigenvalue weighted by Gasteiger charge is -2.34. The van der Waals surface area contributed by atoms with Crippen LogP contribution in [0.3, 0.4) is 0 Å². The fourth-order valence-electron chi connectivity index (χ4n) is 15.2. The molecule has 16 rings (SSSR count). The van der Waals surface area contributed by atoms with Gasteiger partial charge in [0.05, 0.1) is 5.41 Å². The van der Waals surface area contributed by atoms with Gasteiger partial charge in [0.1, 0.15) is 0 Å². The molecule has 4 aliphatic carbocycles. The first-order chi connectivity index (χ1) is 47.4. The van der Waals surface area contributed by atoms with E-state index < -0.39 is 5.41 Å². The highest BCUT2D eigenvalue weighted by molar-refractivity contribution is 6.05. The second-order valence-corrected chi connectivity index (χ2v) is 27.6. The Morgan fingerprint density at radius 2 is 0.979 bits per heavy atom. The van der Waals surface area contributed by atoms with E-state index >= 15 is 0 Å². The number of benzene rings is 12. The van der Waals surface area contributed by atoms with Crippen LogP contribution in [0.25, 0.3) is 60.9 Å². The molecule has 0 spiro atoms. The largest absolute Gasteiger partial charge is 0.0991 e. The lowest BCUT2D eigenvalue weighted by atomic mass is 9.67. The molecule has 12 aromatic carbocycles. The average Bonchev–Trinajstić information content (AvgIpc) is 1.54. The van der Waals surface area contributed by atoms with Crippen LogP contribution in [0.2, 0.25) is 0 Å². The predicted octanol–water partition coefficient (Wildman–Crippen LogP) is 26.9. The van der Waals surface area contributed by atoms with Gasteiger partial charge in [-0.3, -0.25) is 0 Å². The van der Waals surface area contributed by atoms with E-state index in [0.717, 1.165) is 17.8 Å². The molecule has 0 nitrogen and oxygen atoms in total. The van der Waals surface area contributed by atoms with Crippen LogP contribution >= 0.6 is 0 Å². The van der Waals surface area contributed by atoms with E-state index in [4.69, 9.17) is 0 Å². The minimum Gasteiger partial charge on any atom is -0.0991 e. The monoisotopic (exact) mass is 1260 g/mol. The number of hydrogen-bond acceptors (Lipinski definition) is 0. The molecule has 0 amide bonds. The normalized spacial score (nSPS) is 15.4. The van der Waals surface area contributed by atoms with Gasteiger partial charge >= 0.3 is 0 Å². The zero-order valence-corrected chi connectivity index (χ0v) is 58.8. The first kappa shape index (κ1) is 67.1. The summed E-state index contributed by atoms with van der Waals surface area (Å²) < 4.78 is 0. The fraction of sp³-hybridized carbons (Fsp3) is 0.216. The van der Waals surface area contributed by atoms with Gasteiger partial charge in [-0.05, 0) is 219 Å². The van der Waals surface area contributed by atoms with Gasteiger partial charge in [0.2, 0.25) is 0 Å². The molecule has 0 bridgehead atoms. The average molecular weight is 1260 g/mol. The number of fused-ring (bicyclic) bond motifs is 8. The Kier molecular flexibility index (Phi) is 21.4. The van der Waals surface area contributed by atoms with Crippen molar-refractivity contribution in [2.24, 2.45) is 5.92 Å². The molecule has 0 heteroatoms. The van der Waals surface area contributed by atoms with Gasteiger partial charge < -0.3 is 0 Å². The number of hydrogen-bond donors (Lipinski definition) is 0. The summed E-state index contributed by atoms with van der Waals surface area (Å²) in [6, 6.07) is 102. The van der Waals surface area contributed by atoms with Gasteiger partial charge in [-0.1, -0.05) is 360 Å². The Morgan fingerprint density at radius 3 is 1.52 bits per heavy atom. The summed E-state index contributed by atoms with van der Waals surface area (Å²) in [7, 11) is 0.